The van der Waals surface area contributed by atoms with Crippen molar-refractivity contribution in [1.29, 1.82) is 5.26 Å². The lowest BCUT2D eigenvalue weighted by atomic mass is 10.1. The first-order valence-electron chi connectivity index (χ1n) is 9.02. The van der Waals surface area contributed by atoms with Crippen LogP contribution in [0.4, 0.5) is 0 Å². The molecule has 0 radical (unpaired) electrons. The van der Waals surface area contributed by atoms with Crippen LogP contribution in [-0.4, -0.2) is 50.2 Å². The van der Waals surface area contributed by atoms with Crippen molar-refractivity contribution in [1.82, 2.24) is 25.1 Å². The highest BCUT2D eigenvalue weighted by Crippen LogP contribution is 2.21. The monoisotopic (exact) mass is 374 g/mol. The van der Waals surface area contributed by atoms with Crippen LogP contribution in [-0.2, 0) is 0 Å². The van der Waals surface area contributed by atoms with Gasteiger partial charge < -0.3 is 9.64 Å². The Morgan fingerprint density at radius 2 is 2.07 bits per heavy atom. The number of benzene rings is 1. The molecule has 140 valence electrons. The molecule has 28 heavy (non-hydrogen) atoms. The number of aromatic amines is 1. The molecule has 2 aromatic heterocycles. The molecular weight excluding hydrogens is 356 g/mol. The minimum Gasteiger partial charge on any atom is -0.470 e. The number of hydrogen-bond acceptors (Lipinski definition) is 6. The van der Waals surface area contributed by atoms with E-state index in [1.165, 1.54) is 12.4 Å². The van der Waals surface area contributed by atoms with Gasteiger partial charge in [0.05, 0.1) is 12.2 Å². The quantitative estimate of drug-likeness (QED) is 0.751. The highest BCUT2D eigenvalue weighted by molar-refractivity contribution is 5.93. The number of hydrogen-bond donors (Lipinski definition) is 1. The van der Waals surface area contributed by atoms with E-state index in [0.29, 0.717) is 18.8 Å². The predicted octanol–water partition coefficient (Wildman–Crippen LogP) is 2.42. The summed E-state index contributed by atoms with van der Waals surface area (Å²) in [5.41, 5.74) is 2.26. The van der Waals surface area contributed by atoms with Gasteiger partial charge in [-0.1, -0.05) is 30.3 Å². The van der Waals surface area contributed by atoms with Gasteiger partial charge in [0, 0.05) is 24.5 Å². The van der Waals surface area contributed by atoms with Gasteiger partial charge >= 0.3 is 0 Å². The number of carbonyl (C=O) groups is 1. The standard InChI is InChI=1S/C20H18N6O2/c21-12-18-19(23-9-8-22-18)28-15-7-4-10-26(13-15)20(27)17-11-16(24-25-17)14-5-2-1-3-6-14/h1-3,5-6,8-9,11,15H,4,7,10,13H2,(H,24,25). The predicted molar refractivity (Wildman–Crippen MR) is 100 cm³/mol. The van der Waals surface area contributed by atoms with Gasteiger partial charge in [0.2, 0.25) is 5.69 Å². The average molecular weight is 374 g/mol. The number of piperidine rings is 1. The second-order valence-electron chi connectivity index (χ2n) is 6.49. The van der Waals surface area contributed by atoms with Crippen LogP contribution >= 0.6 is 0 Å². The van der Waals surface area contributed by atoms with Crippen LogP contribution in [0.2, 0.25) is 0 Å². The molecule has 1 saturated heterocycles. The third kappa shape index (κ3) is 3.69. The third-order valence-corrected chi connectivity index (χ3v) is 4.59. The van der Waals surface area contributed by atoms with Crippen molar-refractivity contribution in [3.8, 4) is 23.2 Å². The van der Waals surface area contributed by atoms with Crippen molar-refractivity contribution in [2.24, 2.45) is 0 Å². The van der Waals surface area contributed by atoms with Crippen molar-refractivity contribution in [2.75, 3.05) is 13.1 Å². The molecule has 1 unspecified atom stereocenters. The molecule has 1 atom stereocenters. The summed E-state index contributed by atoms with van der Waals surface area (Å²) in [5.74, 6) is 0.0832. The molecule has 1 aliphatic rings. The molecule has 1 fully saturated rings. The molecule has 4 rings (SSSR count). The molecule has 1 aliphatic heterocycles. The molecule has 3 aromatic rings. The van der Waals surface area contributed by atoms with Crippen molar-refractivity contribution in [3.63, 3.8) is 0 Å². The molecule has 1 N–H and O–H groups in total. The van der Waals surface area contributed by atoms with Gasteiger partial charge in [0.1, 0.15) is 17.9 Å². The van der Waals surface area contributed by atoms with Crippen molar-refractivity contribution in [3.05, 3.63) is 60.2 Å². The lowest BCUT2D eigenvalue weighted by molar-refractivity contribution is 0.0521. The number of nitriles is 1. The van der Waals surface area contributed by atoms with Gasteiger partial charge in [0.25, 0.3) is 11.8 Å². The minimum atomic E-state index is -0.238. The fourth-order valence-corrected chi connectivity index (χ4v) is 3.22. The van der Waals surface area contributed by atoms with Crippen molar-refractivity contribution >= 4 is 5.91 Å². The number of nitrogens with zero attached hydrogens (tertiary/aromatic N) is 5. The minimum absolute atomic E-state index is 0.123. The Balaban J connectivity index is 1.45. The Labute approximate surface area is 161 Å². The first-order chi connectivity index (χ1) is 13.7. The van der Waals surface area contributed by atoms with Crippen LogP contribution in [0.1, 0.15) is 29.0 Å². The van der Waals surface area contributed by atoms with Gasteiger partial charge in [0.15, 0.2) is 0 Å². The maximum Gasteiger partial charge on any atom is 0.272 e. The zero-order valence-electron chi connectivity index (χ0n) is 15.1. The zero-order valence-corrected chi connectivity index (χ0v) is 15.1. The smallest absolute Gasteiger partial charge is 0.272 e. The van der Waals surface area contributed by atoms with Gasteiger partial charge in [-0.2, -0.15) is 10.4 Å². The average Bonchev–Trinajstić information content (AvgIpc) is 3.25. The molecule has 1 aromatic carbocycles. The van der Waals surface area contributed by atoms with E-state index in [1.807, 2.05) is 36.4 Å². The molecular formula is C20H18N6O2. The van der Waals surface area contributed by atoms with Crippen LogP contribution in [0.5, 0.6) is 5.88 Å². The number of likely N-dealkylation sites (tertiary alicyclic amines) is 1. The molecule has 0 bridgehead atoms. The maximum atomic E-state index is 12.9. The zero-order chi connectivity index (χ0) is 19.3. The van der Waals surface area contributed by atoms with E-state index in [1.54, 1.807) is 11.0 Å². The van der Waals surface area contributed by atoms with E-state index in [4.69, 9.17) is 10.00 Å². The van der Waals surface area contributed by atoms with Gasteiger partial charge in [-0.3, -0.25) is 9.89 Å². The lowest BCUT2D eigenvalue weighted by Crippen LogP contribution is -2.44. The summed E-state index contributed by atoms with van der Waals surface area (Å²) in [6.45, 7) is 1.06. The Hall–Kier alpha value is -3.73. The van der Waals surface area contributed by atoms with E-state index in [9.17, 15) is 4.79 Å². The summed E-state index contributed by atoms with van der Waals surface area (Å²) in [5, 5.41) is 16.2. The number of carbonyl (C=O) groups excluding carboxylic acids is 1. The topological polar surface area (TPSA) is 108 Å². The number of aromatic nitrogens is 4. The molecule has 8 nitrogen and oxygen atoms in total. The summed E-state index contributed by atoms with van der Waals surface area (Å²) >= 11 is 0. The molecule has 0 saturated carbocycles. The molecule has 8 heteroatoms. The highest BCUT2D eigenvalue weighted by atomic mass is 16.5. The third-order valence-electron chi connectivity index (χ3n) is 4.59. The number of amides is 1. The molecule has 1 amide bonds. The SMILES string of the molecule is N#Cc1nccnc1OC1CCCN(C(=O)c2cc(-c3ccccc3)n[nH]2)C1. The van der Waals surface area contributed by atoms with Gasteiger partial charge in [-0.25, -0.2) is 9.97 Å². The van der Waals surface area contributed by atoms with Crippen LogP contribution < -0.4 is 4.74 Å². The Kier molecular flexibility index (Phi) is 4.97. The summed E-state index contributed by atoms with van der Waals surface area (Å²) in [4.78, 5) is 22.7. The summed E-state index contributed by atoms with van der Waals surface area (Å²) in [6.07, 6.45) is 4.28. The first kappa shape index (κ1) is 17.7. The van der Waals surface area contributed by atoms with Gasteiger partial charge in [-0.15, -0.1) is 0 Å². The largest absolute Gasteiger partial charge is 0.470 e. The molecule has 0 aliphatic carbocycles. The van der Waals surface area contributed by atoms with E-state index in [2.05, 4.69) is 20.2 Å². The second-order valence-corrected chi connectivity index (χ2v) is 6.49. The van der Waals surface area contributed by atoms with Crippen molar-refractivity contribution < 1.29 is 9.53 Å². The normalized spacial score (nSPS) is 16.4. The number of ether oxygens (including phenoxy) is 1. The van der Waals surface area contributed by atoms with Crippen LogP contribution in [0.25, 0.3) is 11.3 Å². The van der Waals surface area contributed by atoms with Crippen LogP contribution in [0.15, 0.2) is 48.8 Å². The maximum absolute atomic E-state index is 12.9. The van der Waals surface area contributed by atoms with E-state index >= 15 is 0 Å². The Morgan fingerprint density at radius 1 is 1.25 bits per heavy atom. The Morgan fingerprint density at radius 3 is 2.89 bits per heavy atom. The number of nitrogens with one attached hydrogen (secondary N) is 1. The number of H-pyrrole nitrogens is 1. The first-order valence-corrected chi connectivity index (χ1v) is 9.02. The van der Waals surface area contributed by atoms with E-state index in [0.717, 1.165) is 24.1 Å². The van der Waals surface area contributed by atoms with Crippen molar-refractivity contribution in [2.45, 2.75) is 18.9 Å². The summed E-state index contributed by atoms with van der Waals surface area (Å²) < 4.78 is 5.85. The summed E-state index contributed by atoms with van der Waals surface area (Å²) in [6, 6.07) is 13.4. The van der Waals surface area contributed by atoms with Crippen LogP contribution in [0, 0.1) is 11.3 Å². The van der Waals surface area contributed by atoms with E-state index in [-0.39, 0.29) is 23.6 Å². The fourth-order valence-electron chi connectivity index (χ4n) is 3.22. The molecule has 3 heterocycles. The van der Waals surface area contributed by atoms with Gasteiger partial charge in [-0.05, 0) is 18.9 Å². The molecule has 0 spiro atoms. The second kappa shape index (κ2) is 7.88. The number of rotatable bonds is 4. The fraction of sp³-hybridized carbons (Fsp3) is 0.250. The highest BCUT2D eigenvalue weighted by Gasteiger charge is 2.27. The van der Waals surface area contributed by atoms with Crippen LogP contribution in [0.3, 0.4) is 0 Å². The Bertz CT molecular complexity index is 1010. The lowest BCUT2D eigenvalue weighted by Gasteiger charge is -2.32. The van der Waals surface area contributed by atoms with E-state index < -0.39 is 0 Å². The summed E-state index contributed by atoms with van der Waals surface area (Å²) in [7, 11) is 0.